The van der Waals surface area contributed by atoms with E-state index in [-0.39, 0.29) is 12.5 Å². The fourth-order valence-corrected chi connectivity index (χ4v) is 1.49. The molecule has 0 aromatic carbocycles. The number of hydrogen-bond donors (Lipinski definition) is 1. The van der Waals surface area contributed by atoms with Crippen molar-refractivity contribution in [2.24, 2.45) is 10.9 Å². The highest BCUT2D eigenvalue weighted by atomic mass is 32.2. The smallest absolute Gasteiger partial charge is 0.239 e. The topological polar surface area (TPSA) is 68.5 Å². The lowest BCUT2D eigenvalue weighted by molar-refractivity contribution is -0.121. The summed E-state index contributed by atoms with van der Waals surface area (Å²) in [5.74, 6) is 0.373. The predicted molar refractivity (Wildman–Crippen MR) is 67.0 cm³/mol. The van der Waals surface area contributed by atoms with Gasteiger partial charge in [-0.1, -0.05) is 25.6 Å². The molecule has 0 unspecified atom stereocenters. The molecule has 0 aliphatic carbocycles. The van der Waals surface area contributed by atoms with E-state index < -0.39 is 0 Å². The Balaban J connectivity index is 4.13. The fourth-order valence-electron chi connectivity index (χ4n) is 0.987. The molecule has 0 atom stereocenters. The summed E-state index contributed by atoms with van der Waals surface area (Å²) in [5, 5.41) is 11.8. The van der Waals surface area contributed by atoms with Crippen molar-refractivity contribution >= 4 is 22.8 Å². The minimum atomic E-state index is -0.0594. The fraction of sp³-hybridized carbons (Fsp3) is 0.700. The number of nitriles is 1. The number of likely N-dealkylation sites (N-methyl/N-ethyl adjacent to an activating group) is 1. The van der Waals surface area contributed by atoms with Crippen LogP contribution in [0, 0.1) is 17.4 Å². The molecule has 0 fully saturated rings. The van der Waals surface area contributed by atoms with Gasteiger partial charge in [0.1, 0.15) is 0 Å². The number of amides is 1. The molecule has 0 saturated carbocycles. The summed E-state index contributed by atoms with van der Waals surface area (Å²) in [6, 6.07) is 0. The molecule has 0 radical (unpaired) electrons. The number of aliphatic imine (C=N–C) groups is 1. The van der Waals surface area contributed by atoms with Crippen LogP contribution in [0.3, 0.4) is 0 Å². The number of nitrogens with one attached hydrogen (secondary N) is 1. The maximum absolute atomic E-state index is 11.5. The molecule has 1 amide bonds. The first-order chi connectivity index (χ1) is 7.51. The van der Waals surface area contributed by atoms with Crippen molar-refractivity contribution < 1.29 is 4.79 Å². The molecule has 0 aliphatic heterocycles. The monoisotopic (exact) mass is 242 g/mol. The maximum Gasteiger partial charge on any atom is 0.239 e. The average Bonchev–Trinajstić information content (AvgIpc) is 2.22. The van der Waals surface area contributed by atoms with Crippen molar-refractivity contribution in [2.45, 2.75) is 13.8 Å². The van der Waals surface area contributed by atoms with Crippen LogP contribution in [0.5, 0.6) is 0 Å². The maximum atomic E-state index is 11.5. The molecule has 0 heterocycles. The zero-order valence-corrected chi connectivity index (χ0v) is 11.0. The van der Waals surface area contributed by atoms with Crippen molar-refractivity contribution in [1.82, 2.24) is 10.2 Å². The molecule has 0 aromatic rings. The van der Waals surface area contributed by atoms with Crippen molar-refractivity contribution in [2.75, 3.05) is 26.4 Å². The number of hydrogen-bond acceptors (Lipinski definition) is 4. The molecule has 0 bridgehead atoms. The third-order valence-electron chi connectivity index (χ3n) is 1.74. The Kier molecular flexibility index (Phi) is 7.38. The van der Waals surface area contributed by atoms with Crippen molar-refractivity contribution in [3.05, 3.63) is 0 Å². The van der Waals surface area contributed by atoms with Gasteiger partial charge in [-0.25, -0.2) is 0 Å². The van der Waals surface area contributed by atoms with E-state index in [0.717, 1.165) is 0 Å². The van der Waals surface area contributed by atoms with Crippen LogP contribution in [-0.4, -0.2) is 42.4 Å². The molecule has 0 rings (SSSR count). The van der Waals surface area contributed by atoms with Gasteiger partial charge in [-0.05, 0) is 12.2 Å². The van der Waals surface area contributed by atoms with Crippen LogP contribution in [0.2, 0.25) is 0 Å². The van der Waals surface area contributed by atoms with Crippen molar-refractivity contribution in [3.63, 3.8) is 0 Å². The summed E-state index contributed by atoms with van der Waals surface area (Å²) in [6.45, 7) is 4.95. The van der Waals surface area contributed by atoms with E-state index in [2.05, 4.69) is 10.3 Å². The lowest BCUT2D eigenvalue weighted by Crippen LogP contribution is -2.38. The minimum Gasteiger partial charge on any atom is -0.354 e. The molecule has 0 saturated heterocycles. The average molecular weight is 242 g/mol. The Labute approximate surface area is 101 Å². The quantitative estimate of drug-likeness (QED) is 0.451. The van der Waals surface area contributed by atoms with Crippen LogP contribution in [0.4, 0.5) is 0 Å². The predicted octanol–water partition coefficient (Wildman–Crippen LogP) is 0.890. The van der Waals surface area contributed by atoms with Crippen LogP contribution in [0.25, 0.3) is 0 Å². The summed E-state index contributed by atoms with van der Waals surface area (Å²) in [5.41, 5.74) is 0. The summed E-state index contributed by atoms with van der Waals surface area (Å²) < 4.78 is 0. The number of carbonyl (C=O) groups excluding carboxylic acids is 1. The highest BCUT2D eigenvalue weighted by Gasteiger charge is 2.10. The van der Waals surface area contributed by atoms with Gasteiger partial charge in [0, 0.05) is 13.6 Å². The Bertz CT molecular complexity index is 296. The van der Waals surface area contributed by atoms with E-state index in [0.29, 0.717) is 17.6 Å². The van der Waals surface area contributed by atoms with E-state index >= 15 is 0 Å². The second-order valence-electron chi connectivity index (χ2n) is 3.75. The molecule has 5 nitrogen and oxygen atoms in total. The number of carbonyl (C=O) groups is 1. The van der Waals surface area contributed by atoms with Crippen LogP contribution >= 0.6 is 11.8 Å². The van der Waals surface area contributed by atoms with Crippen LogP contribution < -0.4 is 5.32 Å². The molecule has 0 spiro atoms. The zero-order chi connectivity index (χ0) is 12.6. The first-order valence-corrected chi connectivity index (χ1v) is 6.22. The molecule has 0 aliphatic rings. The highest BCUT2D eigenvalue weighted by molar-refractivity contribution is 8.13. The van der Waals surface area contributed by atoms with Gasteiger partial charge >= 0.3 is 0 Å². The van der Waals surface area contributed by atoms with E-state index in [4.69, 9.17) is 5.26 Å². The second-order valence-corrected chi connectivity index (χ2v) is 4.53. The van der Waals surface area contributed by atoms with Gasteiger partial charge in [0.25, 0.3) is 0 Å². The molecule has 90 valence electrons. The van der Waals surface area contributed by atoms with Crippen molar-refractivity contribution in [1.29, 1.82) is 5.26 Å². The Hall–Kier alpha value is -1.22. The number of rotatable bonds is 4. The largest absolute Gasteiger partial charge is 0.354 e. The summed E-state index contributed by atoms with van der Waals surface area (Å²) in [4.78, 5) is 16.8. The molecule has 16 heavy (non-hydrogen) atoms. The third kappa shape index (κ3) is 6.30. The van der Waals surface area contributed by atoms with Gasteiger partial charge in [-0.15, -0.1) is 4.99 Å². The zero-order valence-electron chi connectivity index (χ0n) is 10.1. The van der Waals surface area contributed by atoms with Crippen LogP contribution in [0.1, 0.15) is 13.8 Å². The van der Waals surface area contributed by atoms with Crippen LogP contribution in [0.15, 0.2) is 4.99 Å². The standard InChI is InChI=1S/C10H18N4OS/c1-8(2)5-12-9(15)6-14(3)10(16-4)13-7-11/h8H,5-6H2,1-4H3,(H,12,15). The number of thioether (sulfide) groups is 1. The van der Waals surface area contributed by atoms with E-state index in [1.54, 1.807) is 18.1 Å². The second kappa shape index (κ2) is 7.99. The normalized spacial score (nSPS) is 11.1. The van der Waals surface area contributed by atoms with Gasteiger partial charge in [0.2, 0.25) is 12.1 Å². The Morgan fingerprint density at radius 3 is 2.69 bits per heavy atom. The highest BCUT2D eigenvalue weighted by Crippen LogP contribution is 2.02. The minimum absolute atomic E-state index is 0.0594. The molecular weight excluding hydrogens is 224 g/mol. The molecular formula is C10H18N4OS. The lowest BCUT2D eigenvalue weighted by Gasteiger charge is -2.18. The van der Waals surface area contributed by atoms with Gasteiger partial charge in [-0.3, -0.25) is 4.79 Å². The van der Waals surface area contributed by atoms with Crippen molar-refractivity contribution in [3.8, 4) is 6.19 Å². The van der Waals surface area contributed by atoms with E-state index in [1.165, 1.54) is 11.8 Å². The first-order valence-electron chi connectivity index (χ1n) is 4.99. The van der Waals surface area contributed by atoms with Gasteiger partial charge in [0.05, 0.1) is 6.54 Å². The van der Waals surface area contributed by atoms with E-state index in [9.17, 15) is 4.79 Å². The van der Waals surface area contributed by atoms with Crippen LogP contribution in [-0.2, 0) is 4.79 Å². The lowest BCUT2D eigenvalue weighted by atomic mass is 10.2. The first kappa shape index (κ1) is 14.8. The third-order valence-corrected chi connectivity index (χ3v) is 2.51. The summed E-state index contributed by atoms with van der Waals surface area (Å²) >= 11 is 1.34. The number of amidine groups is 1. The van der Waals surface area contributed by atoms with E-state index in [1.807, 2.05) is 20.1 Å². The SMILES string of the molecule is CSC(=NC#N)N(C)CC(=O)NCC(C)C. The van der Waals surface area contributed by atoms with Gasteiger partial charge < -0.3 is 10.2 Å². The number of nitrogens with zero attached hydrogens (tertiary/aromatic N) is 3. The summed E-state index contributed by atoms with van der Waals surface area (Å²) in [6.07, 6.45) is 3.53. The molecule has 0 aromatic heterocycles. The summed E-state index contributed by atoms with van der Waals surface area (Å²) in [7, 11) is 1.74. The van der Waals surface area contributed by atoms with Gasteiger partial charge in [-0.2, -0.15) is 5.26 Å². The van der Waals surface area contributed by atoms with Gasteiger partial charge in [0.15, 0.2) is 5.17 Å². The Morgan fingerprint density at radius 2 is 2.25 bits per heavy atom. The Morgan fingerprint density at radius 1 is 1.62 bits per heavy atom. The molecule has 6 heteroatoms. The molecule has 1 N–H and O–H groups in total.